The lowest BCUT2D eigenvalue weighted by Gasteiger charge is -2.29. The SMILES string of the molecule is COc1ccc(OC)c(N2C(=S)N[C@H](c3ccccn3)[C@@H]2c2cc(C)n(-c3ccc(N4CCOCC4)cc3)c2C)c1. The Morgan fingerprint density at radius 1 is 0.927 bits per heavy atom. The Hall–Kier alpha value is -4.08. The zero-order chi connectivity index (χ0) is 28.5. The summed E-state index contributed by atoms with van der Waals surface area (Å²) in [6, 6.07) is 22.5. The maximum Gasteiger partial charge on any atom is 0.174 e. The minimum atomic E-state index is -0.175. The number of methoxy groups -OCH3 is 2. The molecule has 4 heterocycles. The normalized spacial score (nSPS) is 18.9. The van der Waals surface area contributed by atoms with Crippen LogP contribution in [0.4, 0.5) is 11.4 Å². The molecule has 0 amide bonds. The van der Waals surface area contributed by atoms with Crippen molar-refractivity contribution in [1.82, 2.24) is 14.9 Å². The van der Waals surface area contributed by atoms with Gasteiger partial charge in [-0.2, -0.15) is 0 Å². The van der Waals surface area contributed by atoms with Crippen molar-refractivity contribution in [2.75, 3.05) is 50.3 Å². The molecule has 2 saturated heterocycles. The zero-order valence-electron chi connectivity index (χ0n) is 23.8. The Kier molecular flexibility index (Phi) is 7.55. The van der Waals surface area contributed by atoms with Crippen LogP contribution in [0.2, 0.25) is 0 Å². The number of morpholine rings is 1. The number of anilines is 2. The van der Waals surface area contributed by atoms with Crippen molar-refractivity contribution in [3.63, 3.8) is 0 Å². The van der Waals surface area contributed by atoms with Gasteiger partial charge in [0, 0.05) is 48.1 Å². The molecule has 2 aliphatic heterocycles. The van der Waals surface area contributed by atoms with Crippen LogP contribution in [0.3, 0.4) is 0 Å². The highest BCUT2D eigenvalue weighted by atomic mass is 32.1. The van der Waals surface area contributed by atoms with E-state index in [-0.39, 0.29) is 12.1 Å². The zero-order valence-corrected chi connectivity index (χ0v) is 24.6. The van der Waals surface area contributed by atoms with Crippen LogP contribution >= 0.6 is 12.2 Å². The van der Waals surface area contributed by atoms with E-state index in [2.05, 4.69) is 63.9 Å². The first-order valence-corrected chi connectivity index (χ1v) is 14.3. The van der Waals surface area contributed by atoms with Gasteiger partial charge in [-0.25, -0.2) is 0 Å². The molecule has 212 valence electrons. The molecule has 0 aliphatic carbocycles. The van der Waals surface area contributed by atoms with Crippen LogP contribution in [0.1, 0.15) is 34.7 Å². The second-order valence-corrected chi connectivity index (χ2v) is 10.7. The number of aryl methyl sites for hydroxylation is 1. The summed E-state index contributed by atoms with van der Waals surface area (Å²) >= 11 is 5.99. The second kappa shape index (κ2) is 11.4. The van der Waals surface area contributed by atoms with Gasteiger partial charge in [0.15, 0.2) is 5.11 Å². The molecule has 0 unspecified atom stereocenters. The van der Waals surface area contributed by atoms with Crippen molar-refractivity contribution in [2.45, 2.75) is 25.9 Å². The minimum absolute atomic E-state index is 0.169. The third-order valence-corrected chi connectivity index (χ3v) is 8.33. The van der Waals surface area contributed by atoms with Crippen LogP contribution in [0.5, 0.6) is 11.5 Å². The molecule has 6 rings (SSSR count). The Balaban J connectivity index is 1.45. The molecule has 1 N–H and O–H groups in total. The standard InChI is InChI=1S/C32H35N5O3S/c1-21-19-26(22(2)36(21)24-10-8-23(9-11-24)35-15-17-40-18-16-35)31-30(27-7-5-6-14-33-27)34-32(41)37(31)28-20-25(38-3)12-13-29(28)39-4/h5-14,19-20,30-31H,15-18H2,1-4H3,(H,34,41)/t30-,31+/m1/s1. The smallest absolute Gasteiger partial charge is 0.174 e. The molecule has 2 aromatic carbocycles. The van der Waals surface area contributed by atoms with E-state index in [1.165, 1.54) is 5.69 Å². The number of ether oxygens (including phenoxy) is 3. The number of thiocarbonyl (C=S) groups is 1. The second-order valence-electron chi connectivity index (χ2n) is 10.3. The number of benzene rings is 2. The summed E-state index contributed by atoms with van der Waals surface area (Å²) < 4.78 is 19.2. The quantitative estimate of drug-likeness (QED) is 0.292. The fourth-order valence-corrected chi connectivity index (χ4v) is 6.37. The van der Waals surface area contributed by atoms with Gasteiger partial charge in [0.05, 0.1) is 50.9 Å². The summed E-state index contributed by atoms with van der Waals surface area (Å²) in [6.07, 6.45) is 1.82. The van der Waals surface area contributed by atoms with Gasteiger partial charge >= 0.3 is 0 Å². The molecule has 0 radical (unpaired) electrons. The maximum atomic E-state index is 5.99. The van der Waals surface area contributed by atoms with E-state index in [1.54, 1.807) is 14.2 Å². The van der Waals surface area contributed by atoms with E-state index in [4.69, 9.17) is 31.4 Å². The van der Waals surface area contributed by atoms with Crippen molar-refractivity contribution in [3.05, 3.63) is 95.6 Å². The van der Waals surface area contributed by atoms with Gasteiger partial charge in [0.2, 0.25) is 0 Å². The summed E-state index contributed by atoms with van der Waals surface area (Å²) in [5, 5.41) is 4.18. The van der Waals surface area contributed by atoms with E-state index >= 15 is 0 Å². The molecule has 0 saturated carbocycles. The van der Waals surface area contributed by atoms with E-state index in [0.29, 0.717) is 10.9 Å². The van der Waals surface area contributed by atoms with Crippen molar-refractivity contribution in [2.24, 2.45) is 0 Å². The average molecular weight is 570 g/mol. The van der Waals surface area contributed by atoms with E-state index in [9.17, 15) is 0 Å². The third-order valence-electron chi connectivity index (χ3n) is 8.02. The van der Waals surface area contributed by atoms with Crippen molar-refractivity contribution in [1.29, 1.82) is 0 Å². The van der Waals surface area contributed by atoms with Crippen LogP contribution in [-0.2, 0) is 4.74 Å². The molecule has 2 fully saturated rings. The maximum absolute atomic E-state index is 5.99. The monoisotopic (exact) mass is 569 g/mol. The molecule has 9 heteroatoms. The lowest BCUT2D eigenvalue weighted by Crippen LogP contribution is -2.36. The third kappa shape index (κ3) is 5.00. The lowest BCUT2D eigenvalue weighted by atomic mass is 9.96. The van der Waals surface area contributed by atoms with E-state index in [0.717, 1.165) is 66.1 Å². The molecule has 8 nitrogen and oxygen atoms in total. The van der Waals surface area contributed by atoms with Crippen LogP contribution in [0, 0.1) is 13.8 Å². The highest BCUT2D eigenvalue weighted by Gasteiger charge is 2.43. The highest BCUT2D eigenvalue weighted by molar-refractivity contribution is 7.80. The molecule has 2 atom stereocenters. The average Bonchev–Trinajstić information content (AvgIpc) is 3.52. The van der Waals surface area contributed by atoms with Crippen molar-refractivity contribution >= 4 is 28.7 Å². The first-order valence-electron chi connectivity index (χ1n) is 13.8. The molecule has 4 aromatic rings. The number of nitrogens with one attached hydrogen (secondary N) is 1. The minimum Gasteiger partial charge on any atom is -0.497 e. The van der Waals surface area contributed by atoms with Crippen LogP contribution in [0.25, 0.3) is 5.69 Å². The molecule has 0 bridgehead atoms. The summed E-state index contributed by atoms with van der Waals surface area (Å²) in [6.45, 7) is 7.69. The number of hydrogen-bond donors (Lipinski definition) is 1. The molecule has 2 aromatic heterocycles. The Labute approximate surface area is 246 Å². The van der Waals surface area contributed by atoms with Crippen LogP contribution in [-0.4, -0.2) is 55.2 Å². The summed E-state index contributed by atoms with van der Waals surface area (Å²) in [7, 11) is 3.34. The largest absolute Gasteiger partial charge is 0.497 e. The van der Waals surface area contributed by atoms with Crippen molar-refractivity contribution < 1.29 is 14.2 Å². The molecule has 2 aliphatic rings. The van der Waals surface area contributed by atoms with E-state index in [1.807, 2.05) is 42.6 Å². The van der Waals surface area contributed by atoms with Crippen LogP contribution in [0.15, 0.2) is 72.9 Å². The Morgan fingerprint density at radius 2 is 1.68 bits per heavy atom. The predicted octanol–water partition coefficient (Wildman–Crippen LogP) is 5.52. The van der Waals surface area contributed by atoms with Crippen molar-refractivity contribution in [3.8, 4) is 17.2 Å². The molecule has 0 spiro atoms. The van der Waals surface area contributed by atoms with Gasteiger partial charge in [-0.3, -0.25) is 4.98 Å². The summed E-state index contributed by atoms with van der Waals surface area (Å²) in [5.41, 5.74) is 7.55. The lowest BCUT2D eigenvalue weighted by molar-refractivity contribution is 0.122. The number of hydrogen-bond acceptors (Lipinski definition) is 6. The number of rotatable bonds is 7. The summed E-state index contributed by atoms with van der Waals surface area (Å²) in [5.74, 6) is 1.45. The van der Waals surface area contributed by atoms with Gasteiger partial charge in [0.1, 0.15) is 11.5 Å². The van der Waals surface area contributed by atoms with Gasteiger partial charge < -0.3 is 33.9 Å². The van der Waals surface area contributed by atoms with Gasteiger partial charge in [0.25, 0.3) is 0 Å². The predicted molar refractivity (Wildman–Crippen MR) is 166 cm³/mol. The fourth-order valence-electron chi connectivity index (χ4n) is 6.03. The van der Waals surface area contributed by atoms with Gasteiger partial charge in [-0.15, -0.1) is 0 Å². The highest BCUT2D eigenvalue weighted by Crippen LogP contribution is 2.47. The van der Waals surface area contributed by atoms with Gasteiger partial charge in [-0.05, 0) is 86.2 Å². The Bertz CT molecular complexity index is 1530. The topological polar surface area (TPSA) is 64.0 Å². The van der Waals surface area contributed by atoms with Crippen LogP contribution < -0.4 is 24.6 Å². The summed E-state index contributed by atoms with van der Waals surface area (Å²) in [4.78, 5) is 9.24. The van der Waals surface area contributed by atoms with E-state index < -0.39 is 0 Å². The first-order chi connectivity index (χ1) is 20.0. The molecule has 41 heavy (non-hydrogen) atoms. The van der Waals surface area contributed by atoms with Gasteiger partial charge in [-0.1, -0.05) is 6.07 Å². The molecular formula is C32H35N5O3S. The number of nitrogens with zero attached hydrogens (tertiary/aromatic N) is 4. The fraction of sp³-hybridized carbons (Fsp3) is 0.312. The molecular weight excluding hydrogens is 534 g/mol. The number of pyridine rings is 1. The first kappa shape index (κ1) is 27.1. The number of aromatic nitrogens is 2. The Morgan fingerprint density at radius 3 is 2.37 bits per heavy atom.